The van der Waals surface area contributed by atoms with Crippen molar-refractivity contribution < 1.29 is 4.79 Å². The van der Waals surface area contributed by atoms with E-state index in [0.29, 0.717) is 5.92 Å². The third-order valence-corrected chi connectivity index (χ3v) is 3.63. The van der Waals surface area contributed by atoms with Crippen molar-refractivity contribution in [3.05, 3.63) is 0 Å². The van der Waals surface area contributed by atoms with Gasteiger partial charge in [-0.1, -0.05) is 6.42 Å². The minimum absolute atomic E-state index is 0.121. The Bertz CT molecular complexity index is 213. The summed E-state index contributed by atoms with van der Waals surface area (Å²) in [7, 11) is 1.87. The quantitative estimate of drug-likeness (QED) is 0.679. The molecule has 0 aromatic carbocycles. The largest absolute Gasteiger partial charge is 0.345 e. The highest BCUT2D eigenvalue weighted by atomic mass is 16.2. The fraction of sp³-hybridized carbons (Fsp3) is 0.900. The van der Waals surface area contributed by atoms with Crippen molar-refractivity contribution in [2.75, 3.05) is 13.6 Å². The second-order valence-electron chi connectivity index (χ2n) is 4.42. The van der Waals surface area contributed by atoms with Gasteiger partial charge in [-0.25, -0.2) is 0 Å². The van der Waals surface area contributed by atoms with Gasteiger partial charge in [-0.2, -0.15) is 0 Å². The van der Waals surface area contributed by atoms with Crippen LogP contribution in [0.1, 0.15) is 25.7 Å². The Hall–Kier alpha value is -0.570. The van der Waals surface area contributed by atoms with Crippen LogP contribution in [0.2, 0.25) is 0 Å². The van der Waals surface area contributed by atoms with Crippen molar-refractivity contribution >= 4 is 5.91 Å². The summed E-state index contributed by atoms with van der Waals surface area (Å²) in [6, 6.07) is 0.131. The van der Waals surface area contributed by atoms with Crippen molar-refractivity contribution in [3.8, 4) is 0 Å². The molecule has 0 aromatic rings. The summed E-state index contributed by atoms with van der Waals surface area (Å²) in [6.07, 6.45) is 4.73. The van der Waals surface area contributed by atoms with Gasteiger partial charge in [0.1, 0.15) is 0 Å². The van der Waals surface area contributed by atoms with E-state index in [0.717, 1.165) is 13.0 Å². The maximum Gasteiger partial charge on any atom is 0.227 e. The zero-order chi connectivity index (χ0) is 9.42. The smallest absolute Gasteiger partial charge is 0.227 e. The number of rotatable bonds is 2. The monoisotopic (exact) mass is 182 g/mol. The predicted octanol–water partition coefficient (Wildman–Crippen LogP) is 0.592. The van der Waals surface area contributed by atoms with E-state index in [1.807, 2.05) is 11.9 Å². The Kier molecular flexibility index (Phi) is 2.28. The highest BCUT2D eigenvalue weighted by molar-refractivity contribution is 5.81. The molecule has 0 aromatic heterocycles. The third-order valence-electron chi connectivity index (χ3n) is 3.63. The highest BCUT2D eigenvalue weighted by Gasteiger charge is 2.38. The van der Waals surface area contributed by atoms with Crippen molar-refractivity contribution in [2.24, 2.45) is 17.6 Å². The van der Waals surface area contributed by atoms with E-state index in [-0.39, 0.29) is 17.9 Å². The first-order valence-electron chi connectivity index (χ1n) is 5.20. The van der Waals surface area contributed by atoms with Crippen LogP contribution in [0.25, 0.3) is 0 Å². The van der Waals surface area contributed by atoms with Crippen molar-refractivity contribution in [2.45, 2.75) is 31.7 Å². The number of nitrogens with zero attached hydrogens (tertiary/aromatic N) is 1. The summed E-state index contributed by atoms with van der Waals surface area (Å²) in [5.41, 5.74) is 6.09. The Balaban J connectivity index is 1.96. The summed E-state index contributed by atoms with van der Waals surface area (Å²) < 4.78 is 0. The second-order valence-corrected chi connectivity index (χ2v) is 4.42. The van der Waals surface area contributed by atoms with Crippen LogP contribution in [0.15, 0.2) is 0 Å². The number of hydrogen-bond donors (Lipinski definition) is 1. The molecule has 3 heteroatoms. The Morgan fingerprint density at radius 3 is 2.54 bits per heavy atom. The van der Waals surface area contributed by atoms with E-state index in [9.17, 15) is 4.79 Å². The lowest BCUT2D eigenvalue weighted by molar-refractivity contribution is -0.130. The number of likely N-dealkylation sites (tertiary alicyclic amines) is 1. The first-order chi connectivity index (χ1) is 6.20. The van der Waals surface area contributed by atoms with Crippen molar-refractivity contribution in [1.29, 1.82) is 0 Å². The Labute approximate surface area is 79.3 Å². The minimum Gasteiger partial charge on any atom is -0.345 e. The van der Waals surface area contributed by atoms with Gasteiger partial charge >= 0.3 is 0 Å². The summed E-state index contributed by atoms with van der Waals surface area (Å²) >= 11 is 0. The molecule has 1 amide bonds. The van der Waals surface area contributed by atoms with Crippen LogP contribution in [-0.2, 0) is 4.79 Å². The van der Waals surface area contributed by atoms with E-state index < -0.39 is 0 Å². The predicted molar refractivity (Wildman–Crippen MR) is 51.1 cm³/mol. The zero-order valence-corrected chi connectivity index (χ0v) is 8.20. The number of amides is 1. The van der Waals surface area contributed by atoms with Gasteiger partial charge < -0.3 is 10.6 Å². The maximum atomic E-state index is 11.6. The molecule has 2 aliphatic rings. The number of nitrogens with two attached hydrogens (primary N) is 1. The molecule has 1 aliphatic heterocycles. The lowest BCUT2D eigenvalue weighted by atomic mass is 9.75. The van der Waals surface area contributed by atoms with Crippen LogP contribution in [0.5, 0.6) is 0 Å². The molecule has 1 aliphatic carbocycles. The zero-order valence-electron chi connectivity index (χ0n) is 8.20. The second kappa shape index (κ2) is 3.29. The average Bonchev–Trinajstić information content (AvgIpc) is 2.29. The van der Waals surface area contributed by atoms with Crippen molar-refractivity contribution in [3.63, 3.8) is 0 Å². The lowest BCUT2D eigenvalue weighted by Crippen LogP contribution is -2.43. The molecule has 2 unspecified atom stereocenters. The standard InChI is InChI=1S/C10H18N2O/c1-12-6-5-8(10(12)13)9(11)7-3-2-4-7/h7-9H,2-6,11H2,1H3. The SMILES string of the molecule is CN1CCC(C(N)C2CCC2)C1=O. The highest BCUT2D eigenvalue weighted by Crippen LogP contribution is 2.34. The maximum absolute atomic E-state index is 11.6. The molecule has 74 valence electrons. The van der Waals surface area contributed by atoms with Crippen molar-refractivity contribution in [1.82, 2.24) is 4.90 Å². The summed E-state index contributed by atoms with van der Waals surface area (Å²) in [4.78, 5) is 13.4. The fourth-order valence-electron chi connectivity index (χ4n) is 2.36. The van der Waals surface area contributed by atoms with Crippen LogP contribution in [0.4, 0.5) is 0 Å². The van der Waals surface area contributed by atoms with Gasteiger partial charge in [-0.05, 0) is 25.2 Å². The number of hydrogen-bond acceptors (Lipinski definition) is 2. The molecule has 1 saturated carbocycles. The molecule has 1 saturated heterocycles. The number of carbonyl (C=O) groups excluding carboxylic acids is 1. The normalized spacial score (nSPS) is 32.0. The molecule has 13 heavy (non-hydrogen) atoms. The van der Waals surface area contributed by atoms with Gasteiger partial charge in [0, 0.05) is 19.6 Å². The Morgan fingerprint density at radius 1 is 1.46 bits per heavy atom. The summed E-state index contributed by atoms with van der Waals surface area (Å²) in [5, 5.41) is 0. The summed E-state index contributed by atoms with van der Waals surface area (Å²) in [6.45, 7) is 0.893. The topological polar surface area (TPSA) is 46.3 Å². The molecular weight excluding hydrogens is 164 g/mol. The van der Waals surface area contributed by atoms with E-state index in [2.05, 4.69) is 0 Å². The van der Waals surface area contributed by atoms with Gasteiger partial charge in [0.05, 0.1) is 5.92 Å². The molecule has 2 atom stereocenters. The molecule has 2 rings (SSSR count). The Morgan fingerprint density at radius 2 is 2.15 bits per heavy atom. The molecule has 3 nitrogen and oxygen atoms in total. The molecule has 2 N–H and O–H groups in total. The summed E-state index contributed by atoms with van der Waals surface area (Å²) in [5.74, 6) is 1.01. The molecule has 1 heterocycles. The van der Waals surface area contributed by atoms with Gasteiger partial charge in [0.15, 0.2) is 0 Å². The lowest BCUT2D eigenvalue weighted by Gasteiger charge is -2.33. The molecule has 0 spiro atoms. The van der Waals surface area contributed by atoms with E-state index in [1.54, 1.807) is 0 Å². The fourth-order valence-corrected chi connectivity index (χ4v) is 2.36. The molecule has 2 fully saturated rings. The van der Waals surface area contributed by atoms with Gasteiger partial charge in [0.25, 0.3) is 0 Å². The third kappa shape index (κ3) is 1.46. The van der Waals surface area contributed by atoms with E-state index >= 15 is 0 Å². The van der Waals surface area contributed by atoms with E-state index in [4.69, 9.17) is 5.73 Å². The molecule has 0 radical (unpaired) electrons. The van der Waals surface area contributed by atoms with Crippen LogP contribution in [0, 0.1) is 11.8 Å². The average molecular weight is 182 g/mol. The van der Waals surface area contributed by atoms with Gasteiger partial charge in [-0.3, -0.25) is 4.79 Å². The van der Waals surface area contributed by atoms with Gasteiger partial charge in [0.2, 0.25) is 5.91 Å². The first kappa shape index (κ1) is 9.00. The van der Waals surface area contributed by atoms with Gasteiger partial charge in [-0.15, -0.1) is 0 Å². The molecular formula is C10H18N2O. The van der Waals surface area contributed by atoms with Crippen LogP contribution >= 0.6 is 0 Å². The number of carbonyl (C=O) groups is 1. The van der Waals surface area contributed by atoms with Crippen LogP contribution in [0.3, 0.4) is 0 Å². The minimum atomic E-state index is 0.121. The van der Waals surface area contributed by atoms with Crippen LogP contribution < -0.4 is 5.73 Å². The van der Waals surface area contributed by atoms with E-state index in [1.165, 1.54) is 19.3 Å². The first-order valence-corrected chi connectivity index (χ1v) is 5.20. The molecule has 0 bridgehead atoms. The van der Waals surface area contributed by atoms with Crippen LogP contribution in [-0.4, -0.2) is 30.4 Å².